The van der Waals surface area contributed by atoms with E-state index in [0.717, 1.165) is 36.3 Å². The Labute approximate surface area is 162 Å². The second-order valence-electron chi connectivity index (χ2n) is 6.89. The van der Waals surface area contributed by atoms with Gasteiger partial charge in [0.25, 0.3) is 21.8 Å². The fraction of sp³-hybridized carbons (Fsp3) is 0.368. The van der Waals surface area contributed by atoms with Crippen LogP contribution in [0.2, 0.25) is 0 Å². The predicted molar refractivity (Wildman–Crippen MR) is 102 cm³/mol. The number of amides is 2. The molecule has 3 heterocycles. The first-order valence-corrected chi connectivity index (χ1v) is 10.7. The molecule has 0 unspecified atom stereocenters. The summed E-state index contributed by atoms with van der Waals surface area (Å²) in [5.74, 6) is -0.867. The van der Waals surface area contributed by atoms with Gasteiger partial charge in [0.1, 0.15) is 10.6 Å². The van der Waals surface area contributed by atoms with E-state index in [2.05, 4.69) is 10.6 Å². The Morgan fingerprint density at radius 2 is 2.14 bits per heavy atom. The van der Waals surface area contributed by atoms with Crippen LogP contribution in [-0.2, 0) is 14.8 Å². The smallest absolute Gasteiger partial charge is 0.273 e. The maximum atomic E-state index is 12.8. The zero-order chi connectivity index (χ0) is 19.7. The van der Waals surface area contributed by atoms with Crippen molar-refractivity contribution in [2.24, 2.45) is 0 Å². The van der Waals surface area contributed by atoms with Crippen molar-refractivity contribution in [1.29, 1.82) is 0 Å². The van der Waals surface area contributed by atoms with Gasteiger partial charge in [-0.1, -0.05) is 0 Å². The number of carbonyl (C=O) groups excluding carboxylic acids is 2. The molecule has 2 aliphatic rings. The summed E-state index contributed by atoms with van der Waals surface area (Å²) in [5.41, 5.74) is 0.400. The summed E-state index contributed by atoms with van der Waals surface area (Å²) in [7, 11) is -3.92. The molecule has 2 amide bonds. The molecule has 1 saturated heterocycles. The number of hydrogen-bond acceptors (Lipinski definition) is 5. The third kappa shape index (κ3) is 3.43. The van der Waals surface area contributed by atoms with E-state index in [1.807, 2.05) is 0 Å². The van der Waals surface area contributed by atoms with Crippen LogP contribution in [0.15, 0.2) is 41.4 Å². The van der Waals surface area contributed by atoms with Crippen LogP contribution >= 0.6 is 0 Å². The molecule has 0 aliphatic carbocycles. The SMILES string of the molecule is O=C(NCC[C@@H]1CCCCO1)c1ccc2c(c1)NC(=O)c1cccn1S2(=O)=O. The first-order chi connectivity index (χ1) is 13.5. The van der Waals surface area contributed by atoms with Gasteiger partial charge < -0.3 is 15.4 Å². The molecule has 1 atom stereocenters. The summed E-state index contributed by atoms with van der Waals surface area (Å²) >= 11 is 0. The van der Waals surface area contributed by atoms with Gasteiger partial charge >= 0.3 is 0 Å². The van der Waals surface area contributed by atoms with Gasteiger partial charge in [0, 0.05) is 24.9 Å². The van der Waals surface area contributed by atoms with Crippen LogP contribution in [-0.4, -0.2) is 43.5 Å². The van der Waals surface area contributed by atoms with Crippen molar-refractivity contribution < 1.29 is 22.7 Å². The minimum atomic E-state index is -3.92. The molecule has 1 fully saturated rings. The van der Waals surface area contributed by atoms with Crippen molar-refractivity contribution in [2.75, 3.05) is 18.5 Å². The molecule has 28 heavy (non-hydrogen) atoms. The van der Waals surface area contributed by atoms with Gasteiger partial charge in [-0.2, -0.15) is 0 Å². The van der Waals surface area contributed by atoms with Crippen LogP contribution in [0, 0.1) is 0 Å². The monoisotopic (exact) mass is 403 g/mol. The molecule has 8 nitrogen and oxygen atoms in total. The average molecular weight is 403 g/mol. The molecule has 2 aromatic rings. The third-order valence-corrected chi connectivity index (χ3v) is 6.75. The first kappa shape index (κ1) is 18.7. The highest BCUT2D eigenvalue weighted by atomic mass is 32.2. The molecular weight excluding hydrogens is 382 g/mol. The van der Waals surface area contributed by atoms with Gasteiger partial charge in [0.05, 0.1) is 11.8 Å². The van der Waals surface area contributed by atoms with Crippen molar-refractivity contribution >= 4 is 27.5 Å². The largest absolute Gasteiger partial charge is 0.378 e. The van der Waals surface area contributed by atoms with Crippen molar-refractivity contribution in [3.05, 3.63) is 47.8 Å². The molecule has 0 saturated carbocycles. The fourth-order valence-corrected chi connectivity index (χ4v) is 4.99. The van der Waals surface area contributed by atoms with E-state index < -0.39 is 15.9 Å². The topological polar surface area (TPSA) is 106 Å². The number of carbonyl (C=O) groups is 2. The van der Waals surface area contributed by atoms with Crippen LogP contribution in [0.25, 0.3) is 0 Å². The van der Waals surface area contributed by atoms with Crippen molar-refractivity contribution in [3.8, 4) is 0 Å². The van der Waals surface area contributed by atoms with Gasteiger partial charge in [0.15, 0.2) is 0 Å². The highest BCUT2D eigenvalue weighted by molar-refractivity contribution is 7.90. The Hall–Kier alpha value is -2.65. The van der Waals surface area contributed by atoms with Crippen molar-refractivity contribution in [3.63, 3.8) is 0 Å². The highest BCUT2D eigenvalue weighted by Gasteiger charge is 2.30. The molecule has 2 aliphatic heterocycles. The van der Waals surface area contributed by atoms with Crippen molar-refractivity contribution in [1.82, 2.24) is 9.29 Å². The van der Waals surface area contributed by atoms with E-state index in [0.29, 0.717) is 6.54 Å². The standard InChI is InChI=1S/C19H21N3O5S/c23-18(20-9-8-14-4-1-2-11-27-14)13-6-7-17-15(12-13)21-19(24)16-5-3-10-22(16)28(17,25)26/h3,5-7,10,12,14H,1-2,4,8-9,11H2,(H,20,23)(H,21,24)/t14-/m0/s1. The van der Waals surface area contributed by atoms with Crippen LogP contribution in [0.4, 0.5) is 5.69 Å². The minimum Gasteiger partial charge on any atom is -0.378 e. The zero-order valence-corrected chi connectivity index (χ0v) is 16.0. The van der Waals surface area contributed by atoms with Gasteiger partial charge in [-0.15, -0.1) is 0 Å². The van der Waals surface area contributed by atoms with Crippen LogP contribution in [0.3, 0.4) is 0 Å². The van der Waals surface area contributed by atoms with E-state index in [1.165, 1.54) is 36.5 Å². The number of rotatable bonds is 4. The lowest BCUT2D eigenvalue weighted by Crippen LogP contribution is -2.29. The summed E-state index contributed by atoms with van der Waals surface area (Å²) in [6, 6.07) is 7.11. The molecule has 9 heteroatoms. The zero-order valence-electron chi connectivity index (χ0n) is 15.2. The third-order valence-electron chi connectivity index (χ3n) is 5.00. The summed E-state index contributed by atoms with van der Waals surface area (Å²) in [4.78, 5) is 24.7. The number of nitrogens with zero attached hydrogens (tertiary/aromatic N) is 1. The first-order valence-electron chi connectivity index (χ1n) is 9.25. The van der Waals surface area contributed by atoms with E-state index in [1.54, 1.807) is 0 Å². The average Bonchev–Trinajstić information content (AvgIpc) is 3.17. The Kier molecular flexibility index (Phi) is 4.94. The number of fused-ring (bicyclic) bond motifs is 2. The lowest BCUT2D eigenvalue weighted by molar-refractivity contribution is 0.0117. The Morgan fingerprint density at radius 1 is 1.29 bits per heavy atom. The Morgan fingerprint density at radius 3 is 2.93 bits per heavy atom. The van der Waals surface area contributed by atoms with Crippen molar-refractivity contribution in [2.45, 2.75) is 36.7 Å². The van der Waals surface area contributed by atoms with Crippen LogP contribution in [0.5, 0.6) is 0 Å². The predicted octanol–water partition coefficient (Wildman–Crippen LogP) is 1.98. The van der Waals surface area contributed by atoms with Crippen LogP contribution in [0.1, 0.15) is 46.5 Å². The maximum absolute atomic E-state index is 12.8. The summed E-state index contributed by atoms with van der Waals surface area (Å²) in [6.07, 6.45) is 5.45. The van der Waals surface area contributed by atoms with E-state index in [9.17, 15) is 18.0 Å². The summed E-state index contributed by atoms with van der Waals surface area (Å²) in [6.45, 7) is 1.23. The molecule has 148 valence electrons. The van der Waals surface area contributed by atoms with E-state index in [4.69, 9.17) is 4.74 Å². The van der Waals surface area contributed by atoms with Gasteiger partial charge in [0.2, 0.25) is 0 Å². The summed E-state index contributed by atoms with van der Waals surface area (Å²) < 4.78 is 32.2. The maximum Gasteiger partial charge on any atom is 0.273 e. The molecule has 0 bridgehead atoms. The molecule has 0 radical (unpaired) electrons. The normalized spacial score (nSPS) is 20.4. The number of ether oxygens (including phenoxy) is 1. The molecule has 1 aromatic carbocycles. The molecular formula is C19H21N3O5S. The minimum absolute atomic E-state index is 0.0229. The number of benzene rings is 1. The van der Waals surface area contributed by atoms with Gasteiger partial charge in [-0.25, -0.2) is 12.4 Å². The highest BCUT2D eigenvalue weighted by Crippen LogP contribution is 2.29. The number of aromatic nitrogens is 1. The number of hydrogen-bond donors (Lipinski definition) is 2. The molecule has 0 spiro atoms. The Balaban J connectivity index is 1.51. The van der Waals surface area contributed by atoms with E-state index >= 15 is 0 Å². The van der Waals surface area contributed by atoms with Gasteiger partial charge in [-0.3, -0.25) is 9.59 Å². The second-order valence-corrected chi connectivity index (χ2v) is 8.68. The lowest BCUT2D eigenvalue weighted by Gasteiger charge is -2.22. The molecule has 1 aromatic heterocycles. The Bertz CT molecular complexity index is 1020. The number of anilines is 1. The fourth-order valence-electron chi connectivity index (χ4n) is 3.52. The van der Waals surface area contributed by atoms with E-state index in [-0.39, 0.29) is 33.9 Å². The second kappa shape index (κ2) is 7.40. The van der Waals surface area contributed by atoms with Gasteiger partial charge in [-0.05, 0) is 56.0 Å². The lowest BCUT2D eigenvalue weighted by atomic mass is 10.1. The molecule has 4 rings (SSSR count). The van der Waals surface area contributed by atoms with Crippen LogP contribution < -0.4 is 10.6 Å². The number of nitrogens with one attached hydrogen (secondary N) is 2. The quantitative estimate of drug-likeness (QED) is 0.812. The summed E-state index contributed by atoms with van der Waals surface area (Å²) in [5, 5.41) is 5.41. The molecule has 2 N–H and O–H groups in total.